The molecule has 1 aliphatic carbocycles. The molecule has 1 N–H and O–H groups in total. The van der Waals surface area contributed by atoms with Crippen LogP contribution < -0.4 is 5.32 Å². The van der Waals surface area contributed by atoms with Crippen molar-refractivity contribution in [2.24, 2.45) is 11.8 Å². The average molecular weight is 266 g/mol. The van der Waals surface area contributed by atoms with Crippen LogP contribution in [0.15, 0.2) is 24.3 Å². The van der Waals surface area contributed by atoms with E-state index in [0.717, 1.165) is 23.4 Å². The zero-order chi connectivity index (χ0) is 13.1. The Hall–Kier alpha value is -0.530. The highest BCUT2D eigenvalue weighted by Gasteiger charge is 2.30. The van der Waals surface area contributed by atoms with Gasteiger partial charge in [0.05, 0.1) is 0 Å². The van der Waals surface area contributed by atoms with Crippen molar-refractivity contribution in [3.05, 3.63) is 34.9 Å². The van der Waals surface area contributed by atoms with Gasteiger partial charge >= 0.3 is 0 Å². The zero-order valence-corrected chi connectivity index (χ0v) is 12.4. The summed E-state index contributed by atoms with van der Waals surface area (Å²) in [5, 5.41) is 4.54. The van der Waals surface area contributed by atoms with E-state index in [1.54, 1.807) is 0 Å². The Morgan fingerprint density at radius 3 is 2.61 bits per heavy atom. The monoisotopic (exact) mass is 265 g/mol. The van der Waals surface area contributed by atoms with Crippen molar-refractivity contribution in [3.63, 3.8) is 0 Å². The van der Waals surface area contributed by atoms with Gasteiger partial charge in [0.2, 0.25) is 0 Å². The molecule has 0 spiro atoms. The SMILES string of the molecule is CC(C)C(C)CNC1CC(c2cccc(Cl)c2)C1. The van der Waals surface area contributed by atoms with Gasteiger partial charge in [-0.3, -0.25) is 0 Å². The quantitative estimate of drug-likeness (QED) is 0.828. The summed E-state index contributed by atoms with van der Waals surface area (Å²) < 4.78 is 0. The van der Waals surface area contributed by atoms with E-state index in [1.807, 2.05) is 6.07 Å². The molecule has 0 aliphatic heterocycles. The predicted octanol–water partition coefficient (Wildman–Crippen LogP) is 4.47. The molecule has 0 bridgehead atoms. The maximum absolute atomic E-state index is 6.03. The molecule has 2 heteroatoms. The summed E-state index contributed by atoms with van der Waals surface area (Å²) >= 11 is 6.03. The first-order chi connectivity index (χ1) is 8.56. The first-order valence-electron chi connectivity index (χ1n) is 7.05. The van der Waals surface area contributed by atoms with E-state index in [0.29, 0.717) is 12.0 Å². The minimum Gasteiger partial charge on any atom is -0.314 e. The Morgan fingerprint density at radius 1 is 1.28 bits per heavy atom. The van der Waals surface area contributed by atoms with Gasteiger partial charge in [0.25, 0.3) is 0 Å². The number of nitrogens with one attached hydrogen (secondary N) is 1. The first-order valence-corrected chi connectivity index (χ1v) is 7.43. The van der Waals surface area contributed by atoms with Crippen LogP contribution in [0.25, 0.3) is 0 Å². The summed E-state index contributed by atoms with van der Waals surface area (Å²) in [6.07, 6.45) is 2.51. The van der Waals surface area contributed by atoms with E-state index in [2.05, 4.69) is 44.3 Å². The van der Waals surface area contributed by atoms with Crippen molar-refractivity contribution in [1.29, 1.82) is 0 Å². The lowest BCUT2D eigenvalue weighted by Gasteiger charge is -2.37. The molecule has 1 atom stereocenters. The second-order valence-electron chi connectivity index (χ2n) is 6.05. The molecular formula is C16H24ClN. The van der Waals surface area contributed by atoms with Crippen molar-refractivity contribution in [3.8, 4) is 0 Å². The lowest BCUT2D eigenvalue weighted by atomic mass is 9.75. The molecule has 1 unspecified atom stereocenters. The molecule has 1 aromatic carbocycles. The first kappa shape index (κ1) is 13.9. The maximum Gasteiger partial charge on any atom is 0.0408 e. The van der Waals surface area contributed by atoms with Crippen LogP contribution in [0, 0.1) is 11.8 Å². The third-order valence-corrected chi connectivity index (χ3v) is 4.56. The minimum absolute atomic E-state index is 0.704. The number of rotatable bonds is 5. The number of hydrogen-bond donors (Lipinski definition) is 1. The van der Waals surface area contributed by atoms with Crippen molar-refractivity contribution in [2.45, 2.75) is 45.6 Å². The molecule has 0 aromatic heterocycles. The summed E-state index contributed by atoms with van der Waals surface area (Å²) in [7, 11) is 0. The van der Waals surface area contributed by atoms with E-state index in [9.17, 15) is 0 Å². The van der Waals surface area contributed by atoms with Crippen LogP contribution in [-0.2, 0) is 0 Å². The maximum atomic E-state index is 6.03. The molecule has 0 heterocycles. The third-order valence-electron chi connectivity index (χ3n) is 4.32. The molecule has 0 saturated heterocycles. The van der Waals surface area contributed by atoms with Crippen LogP contribution in [0.2, 0.25) is 5.02 Å². The summed E-state index contributed by atoms with van der Waals surface area (Å²) in [6, 6.07) is 9.02. The van der Waals surface area contributed by atoms with Crippen molar-refractivity contribution < 1.29 is 0 Å². The normalized spacial score (nSPS) is 24.9. The van der Waals surface area contributed by atoms with Gasteiger partial charge in [-0.25, -0.2) is 0 Å². The lowest BCUT2D eigenvalue weighted by Crippen LogP contribution is -2.42. The molecular weight excluding hydrogens is 242 g/mol. The lowest BCUT2D eigenvalue weighted by molar-refractivity contribution is 0.264. The second kappa shape index (κ2) is 6.08. The van der Waals surface area contributed by atoms with Crippen molar-refractivity contribution in [2.75, 3.05) is 6.54 Å². The van der Waals surface area contributed by atoms with Gasteiger partial charge in [-0.1, -0.05) is 44.5 Å². The van der Waals surface area contributed by atoms with Gasteiger partial charge in [-0.05, 0) is 54.8 Å². The molecule has 100 valence electrons. The topological polar surface area (TPSA) is 12.0 Å². The standard InChI is InChI=1S/C16H24ClN/c1-11(2)12(3)10-18-16-8-14(9-16)13-5-4-6-15(17)7-13/h4-7,11-12,14,16,18H,8-10H2,1-3H3. The van der Waals surface area contributed by atoms with Crippen LogP contribution in [0.1, 0.15) is 45.1 Å². The Kier molecular flexibility index (Phi) is 4.69. The highest BCUT2D eigenvalue weighted by atomic mass is 35.5. The molecule has 0 amide bonds. The van der Waals surface area contributed by atoms with E-state index in [1.165, 1.54) is 18.4 Å². The molecule has 1 aliphatic rings. The molecule has 1 nitrogen and oxygen atoms in total. The van der Waals surface area contributed by atoms with Gasteiger partial charge < -0.3 is 5.32 Å². The third kappa shape index (κ3) is 3.49. The number of halogens is 1. The highest BCUT2D eigenvalue weighted by Crippen LogP contribution is 2.37. The Labute approximate surface area is 116 Å². The largest absolute Gasteiger partial charge is 0.314 e. The summed E-state index contributed by atoms with van der Waals surface area (Å²) in [5.74, 6) is 2.23. The predicted molar refractivity (Wildman–Crippen MR) is 79.2 cm³/mol. The fourth-order valence-electron chi connectivity index (χ4n) is 2.41. The van der Waals surface area contributed by atoms with Crippen LogP contribution in [-0.4, -0.2) is 12.6 Å². The van der Waals surface area contributed by atoms with Crippen LogP contribution in [0.5, 0.6) is 0 Å². The smallest absolute Gasteiger partial charge is 0.0408 e. The summed E-state index contributed by atoms with van der Waals surface area (Å²) in [5.41, 5.74) is 1.40. The van der Waals surface area contributed by atoms with Gasteiger partial charge in [-0.2, -0.15) is 0 Å². The van der Waals surface area contributed by atoms with Crippen LogP contribution in [0.3, 0.4) is 0 Å². The molecule has 1 aromatic rings. The van der Waals surface area contributed by atoms with E-state index in [4.69, 9.17) is 11.6 Å². The van der Waals surface area contributed by atoms with E-state index >= 15 is 0 Å². The summed E-state index contributed by atoms with van der Waals surface area (Å²) in [4.78, 5) is 0. The van der Waals surface area contributed by atoms with Gasteiger partial charge in [-0.15, -0.1) is 0 Å². The fraction of sp³-hybridized carbons (Fsp3) is 0.625. The molecule has 1 fully saturated rings. The minimum atomic E-state index is 0.704. The Bertz CT molecular complexity index is 382. The van der Waals surface area contributed by atoms with Crippen molar-refractivity contribution >= 4 is 11.6 Å². The molecule has 0 radical (unpaired) electrons. The van der Waals surface area contributed by atoms with Gasteiger partial charge in [0.15, 0.2) is 0 Å². The molecule has 2 rings (SSSR count). The van der Waals surface area contributed by atoms with E-state index in [-0.39, 0.29) is 0 Å². The van der Waals surface area contributed by atoms with Crippen LogP contribution >= 0.6 is 11.6 Å². The second-order valence-corrected chi connectivity index (χ2v) is 6.49. The van der Waals surface area contributed by atoms with Gasteiger partial charge in [0, 0.05) is 11.1 Å². The Balaban J connectivity index is 1.74. The number of benzene rings is 1. The Morgan fingerprint density at radius 2 is 2.00 bits per heavy atom. The summed E-state index contributed by atoms with van der Waals surface area (Å²) in [6.45, 7) is 8.05. The fourth-order valence-corrected chi connectivity index (χ4v) is 2.60. The zero-order valence-electron chi connectivity index (χ0n) is 11.6. The van der Waals surface area contributed by atoms with Gasteiger partial charge in [0.1, 0.15) is 0 Å². The molecule has 18 heavy (non-hydrogen) atoms. The number of hydrogen-bond acceptors (Lipinski definition) is 1. The van der Waals surface area contributed by atoms with Crippen LogP contribution in [0.4, 0.5) is 0 Å². The average Bonchev–Trinajstić information content (AvgIpc) is 2.26. The molecule has 1 saturated carbocycles. The van der Waals surface area contributed by atoms with E-state index < -0.39 is 0 Å². The van der Waals surface area contributed by atoms with Crippen molar-refractivity contribution in [1.82, 2.24) is 5.32 Å². The highest BCUT2D eigenvalue weighted by molar-refractivity contribution is 6.30.